The van der Waals surface area contributed by atoms with Crippen molar-refractivity contribution in [3.8, 4) is 10.7 Å². The van der Waals surface area contributed by atoms with Crippen LogP contribution in [0.4, 0.5) is 16.6 Å². The monoisotopic (exact) mass is 452 g/mol. The fraction of sp³-hybridized carbons (Fsp3) is 0.417. The summed E-state index contributed by atoms with van der Waals surface area (Å²) in [5.41, 5.74) is 9.79. The zero-order valence-corrected chi connectivity index (χ0v) is 20.1. The number of carbonyl (C=O) groups excluding carboxylic acids is 1. The second-order valence-corrected chi connectivity index (χ2v) is 8.81. The number of aromatic nitrogens is 3. The Balaban J connectivity index is 0.00000141. The van der Waals surface area contributed by atoms with E-state index in [0.717, 1.165) is 34.7 Å². The van der Waals surface area contributed by atoms with E-state index in [1.807, 2.05) is 26.0 Å². The van der Waals surface area contributed by atoms with Gasteiger partial charge in [-0.15, -0.1) is 0 Å². The molecule has 0 bridgehead atoms. The van der Waals surface area contributed by atoms with Crippen molar-refractivity contribution in [2.45, 2.75) is 65.8 Å². The highest BCUT2D eigenvalue weighted by molar-refractivity contribution is 7.19. The summed E-state index contributed by atoms with van der Waals surface area (Å²) in [6.45, 7) is 8.11. The third-order valence-electron chi connectivity index (χ3n) is 5.15. The van der Waals surface area contributed by atoms with Crippen molar-refractivity contribution >= 4 is 33.9 Å². The molecule has 0 spiro atoms. The number of nitrogens with zero attached hydrogens (tertiary/aromatic N) is 3. The van der Waals surface area contributed by atoms with Crippen molar-refractivity contribution in [1.82, 2.24) is 15.0 Å². The van der Waals surface area contributed by atoms with Crippen LogP contribution in [0.3, 0.4) is 0 Å². The molecule has 170 valence electrons. The van der Waals surface area contributed by atoms with Gasteiger partial charge in [0.1, 0.15) is 15.7 Å². The number of hydrogen-bond donors (Lipinski definition) is 3. The lowest BCUT2D eigenvalue weighted by molar-refractivity contribution is 0.0997. The normalized spacial score (nSPS) is 13.8. The Bertz CT molecular complexity index is 1040. The summed E-state index contributed by atoms with van der Waals surface area (Å²) < 4.78 is 0. The summed E-state index contributed by atoms with van der Waals surface area (Å²) in [4.78, 5) is 25.4. The minimum atomic E-state index is -0.529. The number of carbonyl (C=O) groups is 1. The Morgan fingerprint density at radius 1 is 1.06 bits per heavy atom. The van der Waals surface area contributed by atoms with Crippen LogP contribution < -0.4 is 16.4 Å². The molecule has 1 amide bonds. The predicted molar refractivity (Wildman–Crippen MR) is 133 cm³/mol. The number of rotatable bonds is 6. The molecule has 3 aromatic rings. The minimum Gasteiger partial charge on any atom is -0.372 e. The highest BCUT2D eigenvalue weighted by atomic mass is 32.1. The van der Waals surface area contributed by atoms with E-state index in [0.29, 0.717) is 22.7 Å². The van der Waals surface area contributed by atoms with Gasteiger partial charge in [0.25, 0.3) is 5.91 Å². The van der Waals surface area contributed by atoms with Gasteiger partial charge >= 0.3 is 0 Å². The highest BCUT2D eigenvalue weighted by Gasteiger charge is 2.21. The first-order chi connectivity index (χ1) is 15.5. The van der Waals surface area contributed by atoms with Gasteiger partial charge in [0.05, 0.1) is 0 Å². The molecule has 4 rings (SSSR count). The van der Waals surface area contributed by atoms with Gasteiger partial charge < -0.3 is 16.4 Å². The third-order valence-corrected chi connectivity index (χ3v) is 6.16. The number of benzene rings is 1. The molecule has 0 unspecified atom stereocenters. The number of hydrogen-bond acceptors (Lipinski definition) is 7. The van der Waals surface area contributed by atoms with Gasteiger partial charge in [-0.05, 0) is 56.0 Å². The van der Waals surface area contributed by atoms with Crippen LogP contribution >= 0.6 is 11.3 Å². The first kappa shape index (κ1) is 23.7. The average Bonchev–Trinajstić information content (AvgIpc) is 3.19. The summed E-state index contributed by atoms with van der Waals surface area (Å²) >= 11 is 1.41. The third kappa shape index (κ3) is 6.03. The molecule has 1 saturated carbocycles. The van der Waals surface area contributed by atoms with Gasteiger partial charge in [-0.3, -0.25) is 4.79 Å². The molecule has 1 aliphatic rings. The summed E-state index contributed by atoms with van der Waals surface area (Å²) in [7, 11) is 0. The lowest BCUT2D eigenvalue weighted by Gasteiger charge is -2.23. The fourth-order valence-corrected chi connectivity index (χ4v) is 4.86. The Labute approximate surface area is 193 Å². The van der Waals surface area contributed by atoms with Gasteiger partial charge in [-0.2, -0.15) is 0 Å². The fourth-order valence-electron chi connectivity index (χ4n) is 3.84. The quantitative estimate of drug-likeness (QED) is 0.434. The van der Waals surface area contributed by atoms with E-state index in [1.165, 1.54) is 30.6 Å². The van der Waals surface area contributed by atoms with Crippen LogP contribution in [0.5, 0.6) is 0 Å². The van der Waals surface area contributed by atoms with Crippen LogP contribution in [0.15, 0.2) is 30.5 Å². The molecular weight excluding hydrogens is 420 g/mol. The maximum absolute atomic E-state index is 12.0. The molecule has 0 aliphatic heterocycles. The van der Waals surface area contributed by atoms with Gasteiger partial charge in [-0.25, -0.2) is 15.0 Å². The second-order valence-electron chi connectivity index (χ2n) is 7.81. The van der Waals surface area contributed by atoms with Gasteiger partial charge in [0.2, 0.25) is 5.95 Å². The molecule has 1 aliphatic carbocycles. The van der Waals surface area contributed by atoms with E-state index in [4.69, 9.17) is 5.73 Å². The first-order valence-electron chi connectivity index (χ1n) is 11.2. The van der Waals surface area contributed by atoms with Crippen molar-refractivity contribution in [3.63, 3.8) is 0 Å². The number of nitrogens with one attached hydrogen (secondary N) is 2. The van der Waals surface area contributed by atoms with E-state index < -0.39 is 5.91 Å². The van der Waals surface area contributed by atoms with Crippen LogP contribution in [0.2, 0.25) is 0 Å². The van der Waals surface area contributed by atoms with Gasteiger partial charge in [0, 0.05) is 17.9 Å². The second kappa shape index (κ2) is 11.0. The van der Waals surface area contributed by atoms with Gasteiger partial charge in [-0.1, -0.05) is 50.5 Å². The molecule has 7 nitrogen and oxygen atoms in total. The summed E-state index contributed by atoms with van der Waals surface area (Å²) in [6.07, 6.45) is 7.56. The molecule has 32 heavy (non-hydrogen) atoms. The number of thiazole rings is 1. The highest BCUT2D eigenvalue weighted by Crippen LogP contribution is 2.33. The predicted octanol–water partition coefficient (Wildman–Crippen LogP) is 5.83. The van der Waals surface area contributed by atoms with E-state index in [-0.39, 0.29) is 5.69 Å². The smallest absolute Gasteiger partial charge is 0.270 e. The molecule has 4 N–H and O–H groups in total. The summed E-state index contributed by atoms with van der Waals surface area (Å²) in [5, 5.41) is 8.11. The van der Waals surface area contributed by atoms with E-state index in [9.17, 15) is 4.79 Å². The van der Waals surface area contributed by atoms with Gasteiger partial charge in [0.15, 0.2) is 5.69 Å². The molecule has 8 heteroatoms. The van der Waals surface area contributed by atoms with E-state index in [2.05, 4.69) is 45.5 Å². The molecule has 0 saturated heterocycles. The molecule has 0 atom stereocenters. The zero-order valence-electron chi connectivity index (χ0n) is 19.2. The van der Waals surface area contributed by atoms with Crippen LogP contribution in [-0.4, -0.2) is 26.9 Å². The number of amides is 1. The standard InChI is InChI=1S/C22H26N6OS.C2H6/c1-13-10-14(2)12-16(11-13)26-22-24-9-8-17(27-22)20-28-18(19(23)29)21(30-20)25-15-6-4-3-5-7-15;1-2/h8-12,15,25H,3-7H2,1-2H3,(H2,23,29)(H,24,26,27);1-2H3. The molecular formula is C24H32N6OS. The van der Waals surface area contributed by atoms with Crippen molar-refractivity contribution < 1.29 is 4.79 Å². The number of aryl methyl sites for hydroxylation is 2. The number of primary amides is 1. The van der Waals surface area contributed by atoms with Crippen molar-refractivity contribution in [2.24, 2.45) is 5.73 Å². The van der Waals surface area contributed by atoms with Crippen LogP contribution in [0, 0.1) is 13.8 Å². The Hall–Kier alpha value is -3.00. The Morgan fingerprint density at radius 3 is 2.41 bits per heavy atom. The van der Waals surface area contributed by atoms with Crippen molar-refractivity contribution in [3.05, 3.63) is 47.3 Å². The zero-order chi connectivity index (χ0) is 23.1. The molecule has 1 fully saturated rings. The van der Waals surface area contributed by atoms with E-state index >= 15 is 0 Å². The first-order valence-corrected chi connectivity index (χ1v) is 12.1. The SMILES string of the molecule is CC.Cc1cc(C)cc(Nc2nccc(-c3nc(C(N)=O)c(NC4CCCCC4)s3)n2)c1. The Kier molecular flexibility index (Phi) is 8.16. The molecule has 0 radical (unpaired) electrons. The van der Waals surface area contributed by atoms with Crippen molar-refractivity contribution in [2.75, 3.05) is 10.6 Å². The maximum atomic E-state index is 12.0. The molecule has 2 heterocycles. The lowest BCUT2D eigenvalue weighted by Crippen LogP contribution is -2.23. The molecule has 2 aromatic heterocycles. The molecule has 1 aromatic carbocycles. The van der Waals surface area contributed by atoms with Crippen LogP contribution in [0.1, 0.15) is 67.6 Å². The largest absolute Gasteiger partial charge is 0.372 e. The number of nitrogens with two attached hydrogens (primary N) is 1. The van der Waals surface area contributed by atoms with Crippen molar-refractivity contribution in [1.29, 1.82) is 0 Å². The number of anilines is 3. The average molecular weight is 453 g/mol. The van der Waals surface area contributed by atoms with Crippen LogP contribution in [0.25, 0.3) is 10.7 Å². The Morgan fingerprint density at radius 2 is 1.75 bits per heavy atom. The van der Waals surface area contributed by atoms with E-state index in [1.54, 1.807) is 12.3 Å². The summed E-state index contributed by atoms with van der Waals surface area (Å²) in [6, 6.07) is 8.36. The minimum absolute atomic E-state index is 0.281. The summed E-state index contributed by atoms with van der Waals surface area (Å²) in [5.74, 6) is -0.0476. The van der Waals surface area contributed by atoms with Crippen LogP contribution in [-0.2, 0) is 0 Å². The topological polar surface area (TPSA) is 106 Å². The maximum Gasteiger partial charge on any atom is 0.270 e. The lowest BCUT2D eigenvalue weighted by atomic mass is 9.96.